The van der Waals surface area contributed by atoms with Gasteiger partial charge in [0.05, 0.1) is 13.2 Å². The zero-order valence-corrected chi connectivity index (χ0v) is 53.6. The van der Waals surface area contributed by atoms with Gasteiger partial charge in [0.2, 0.25) is 0 Å². The van der Waals surface area contributed by atoms with Crippen LogP contribution in [0.15, 0.2) is 219 Å². The molecule has 10 heteroatoms. The SMILES string of the molecule is CC/C=C\C/C=C\C/C=C\C/C=C\C/C=C\C/C=C\C/C=C\C/C=C\C/C=C\C/C=C\CCCCCCC(=O)OC(COC(=O)CCCCCC/C=C\C/C=C\C/C=C\C/C=C\C/C=C\C/C=C\C/C=C\C/C=C\CC)COP(=O)(O)OCCN. The lowest BCUT2D eigenvalue weighted by Crippen LogP contribution is -2.29. The molecule has 0 fully saturated rings. The van der Waals surface area contributed by atoms with Gasteiger partial charge in [-0.15, -0.1) is 0 Å². The van der Waals surface area contributed by atoms with Gasteiger partial charge in [-0.2, -0.15) is 0 Å². The number of phosphoric ester groups is 1. The van der Waals surface area contributed by atoms with Gasteiger partial charge in [-0.1, -0.05) is 258 Å². The highest BCUT2D eigenvalue weighted by atomic mass is 31.2. The van der Waals surface area contributed by atoms with Crippen LogP contribution in [0.2, 0.25) is 0 Å². The van der Waals surface area contributed by atoms with Crippen molar-refractivity contribution < 1.29 is 37.6 Å². The van der Waals surface area contributed by atoms with E-state index in [1.165, 1.54) is 0 Å². The monoisotopic (exact) mass is 1190 g/mol. The van der Waals surface area contributed by atoms with Gasteiger partial charge in [0, 0.05) is 19.4 Å². The first-order chi connectivity index (χ1) is 41.8. The number of phosphoric acid groups is 1. The number of carbonyl (C=O) groups excluding carboxylic acids is 2. The van der Waals surface area contributed by atoms with Gasteiger partial charge >= 0.3 is 19.8 Å². The molecule has 0 radical (unpaired) electrons. The van der Waals surface area contributed by atoms with E-state index in [-0.39, 0.29) is 32.6 Å². The molecule has 0 saturated heterocycles. The second kappa shape index (κ2) is 67.5. The number of allylic oxidation sites excluding steroid dienone is 36. The van der Waals surface area contributed by atoms with Gasteiger partial charge in [-0.05, 0) is 154 Å². The number of hydrogen-bond acceptors (Lipinski definition) is 8. The first-order valence-electron chi connectivity index (χ1n) is 32.2. The van der Waals surface area contributed by atoms with Gasteiger partial charge < -0.3 is 20.1 Å². The molecule has 0 heterocycles. The topological polar surface area (TPSA) is 134 Å². The van der Waals surface area contributed by atoms with E-state index in [4.69, 9.17) is 24.3 Å². The number of ether oxygens (including phenoxy) is 2. The average molecular weight is 1190 g/mol. The highest BCUT2D eigenvalue weighted by molar-refractivity contribution is 7.47. The largest absolute Gasteiger partial charge is 0.472 e. The standard InChI is InChI=1S/C75H114NO8P/c1-3-5-7-9-11-13-15-17-19-21-23-25-27-29-31-33-34-35-36-37-38-40-42-44-46-48-50-52-54-56-58-60-62-64-66-68-75(78)84-73(72-83-85(79,80)82-70-69-76)71-81-74(77)67-65-63-61-59-57-55-53-51-49-47-45-43-41-39-32-30-28-26-24-22-20-18-16-14-12-10-8-6-4-2/h5-8,11-14,17-20,23-26,29-32,34-35,37-38,41-44,47-50,53-56,73H,3-4,9-10,15-16,21-22,27-28,33,36,39-40,45-46,51-52,57-72,76H2,1-2H3,(H,79,80)/b7-5-,8-6-,13-11-,14-12-,19-17-,20-18-,25-23-,26-24-,31-29-,32-30-,35-34-,38-37-,43-41-,44-42-,49-47-,50-48-,55-53-,56-54-. The Bertz CT molecular complexity index is 2190. The molecule has 0 saturated carbocycles. The van der Waals surface area contributed by atoms with Crippen LogP contribution in [-0.4, -0.2) is 49.3 Å². The van der Waals surface area contributed by atoms with Gasteiger partial charge in [-0.25, -0.2) is 4.57 Å². The van der Waals surface area contributed by atoms with Crippen molar-refractivity contribution in [1.82, 2.24) is 0 Å². The third-order valence-corrected chi connectivity index (χ3v) is 13.3. The van der Waals surface area contributed by atoms with E-state index in [1.807, 2.05) is 0 Å². The van der Waals surface area contributed by atoms with E-state index in [2.05, 4.69) is 233 Å². The number of esters is 2. The maximum absolute atomic E-state index is 12.7. The Morgan fingerprint density at radius 2 is 0.612 bits per heavy atom. The fourth-order valence-corrected chi connectivity index (χ4v) is 8.44. The fraction of sp³-hybridized carbons (Fsp3) is 0.493. The zero-order chi connectivity index (χ0) is 61.6. The van der Waals surface area contributed by atoms with Gasteiger partial charge in [0.15, 0.2) is 6.10 Å². The molecule has 0 aromatic rings. The molecule has 0 aliphatic heterocycles. The average Bonchev–Trinajstić information content (AvgIpc) is 3.52. The highest BCUT2D eigenvalue weighted by Crippen LogP contribution is 2.43. The molecular formula is C75H114NO8P. The summed E-state index contributed by atoms with van der Waals surface area (Å²) in [7, 11) is -4.42. The highest BCUT2D eigenvalue weighted by Gasteiger charge is 2.26. The molecule has 0 aromatic heterocycles. The Labute approximate surface area is 518 Å². The minimum absolute atomic E-state index is 0.0317. The van der Waals surface area contributed by atoms with Gasteiger partial charge in [-0.3, -0.25) is 18.6 Å². The first kappa shape index (κ1) is 79.3. The van der Waals surface area contributed by atoms with E-state index in [1.54, 1.807) is 0 Å². The van der Waals surface area contributed by atoms with Crippen molar-refractivity contribution in [2.45, 2.75) is 213 Å². The number of rotatable bonds is 57. The molecule has 2 unspecified atom stereocenters. The van der Waals surface area contributed by atoms with Crippen LogP contribution in [0, 0.1) is 0 Å². The number of carbonyl (C=O) groups is 2. The molecule has 0 rings (SSSR count). The maximum atomic E-state index is 12.7. The minimum atomic E-state index is -4.42. The van der Waals surface area contributed by atoms with Crippen molar-refractivity contribution in [2.75, 3.05) is 26.4 Å². The Kier molecular flexibility index (Phi) is 63.0. The van der Waals surface area contributed by atoms with Gasteiger partial charge in [0.25, 0.3) is 0 Å². The van der Waals surface area contributed by atoms with E-state index >= 15 is 0 Å². The fourth-order valence-electron chi connectivity index (χ4n) is 7.68. The lowest BCUT2D eigenvalue weighted by molar-refractivity contribution is -0.161. The molecule has 2 atom stereocenters. The Morgan fingerprint density at radius 3 is 0.894 bits per heavy atom. The molecule has 472 valence electrons. The van der Waals surface area contributed by atoms with Gasteiger partial charge in [0.1, 0.15) is 6.61 Å². The predicted molar refractivity (Wildman–Crippen MR) is 366 cm³/mol. The van der Waals surface area contributed by atoms with Crippen LogP contribution in [0.4, 0.5) is 0 Å². The van der Waals surface area contributed by atoms with E-state index in [0.717, 1.165) is 167 Å². The van der Waals surface area contributed by atoms with Crippen LogP contribution in [0.25, 0.3) is 0 Å². The van der Waals surface area contributed by atoms with Crippen molar-refractivity contribution in [3.05, 3.63) is 219 Å². The summed E-state index contributed by atoms with van der Waals surface area (Å²) in [4.78, 5) is 35.3. The quantitative estimate of drug-likeness (QED) is 0.0264. The summed E-state index contributed by atoms with van der Waals surface area (Å²) in [5, 5.41) is 0. The van der Waals surface area contributed by atoms with E-state index in [0.29, 0.717) is 12.8 Å². The summed E-state index contributed by atoms with van der Waals surface area (Å²) in [5.74, 6) is -0.908. The summed E-state index contributed by atoms with van der Waals surface area (Å²) in [6, 6.07) is 0. The molecule has 0 aromatic carbocycles. The van der Waals surface area contributed by atoms with Crippen molar-refractivity contribution in [3.8, 4) is 0 Å². The van der Waals surface area contributed by atoms with Crippen LogP contribution in [0.1, 0.15) is 206 Å². The van der Waals surface area contributed by atoms with Crippen LogP contribution in [-0.2, 0) is 32.7 Å². The number of unbranched alkanes of at least 4 members (excludes halogenated alkanes) is 8. The summed E-state index contributed by atoms with van der Waals surface area (Å²) in [5.41, 5.74) is 5.39. The molecule has 85 heavy (non-hydrogen) atoms. The zero-order valence-electron chi connectivity index (χ0n) is 52.7. The molecule has 0 amide bonds. The molecule has 0 aliphatic carbocycles. The van der Waals surface area contributed by atoms with E-state index < -0.39 is 32.5 Å². The third kappa shape index (κ3) is 67.3. The summed E-state index contributed by atoms with van der Waals surface area (Å²) in [6.45, 7) is 3.41. The van der Waals surface area contributed by atoms with E-state index in [9.17, 15) is 19.0 Å². The maximum Gasteiger partial charge on any atom is 0.472 e. The van der Waals surface area contributed by atoms with Crippen molar-refractivity contribution in [3.63, 3.8) is 0 Å². The summed E-state index contributed by atoms with van der Waals surface area (Å²) < 4.78 is 33.0. The van der Waals surface area contributed by atoms with Crippen molar-refractivity contribution in [1.29, 1.82) is 0 Å². The predicted octanol–water partition coefficient (Wildman–Crippen LogP) is 21.3. The second-order valence-electron chi connectivity index (χ2n) is 20.2. The Morgan fingerprint density at radius 1 is 0.353 bits per heavy atom. The van der Waals surface area contributed by atoms with Crippen molar-refractivity contribution in [2.24, 2.45) is 5.73 Å². The molecule has 9 nitrogen and oxygen atoms in total. The summed E-state index contributed by atoms with van der Waals surface area (Å²) >= 11 is 0. The second-order valence-corrected chi connectivity index (χ2v) is 21.6. The molecular weight excluding hydrogens is 1070 g/mol. The van der Waals surface area contributed by atoms with Crippen LogP contribution < -0.4 is 5.73 Å². The Balaban J connectivity index is 4.15. The van der Waals surface area contributed by atoms with Crippen LogP contribution in [0.5, 0.6) is 0 Å². The molecule has 3 N–H and O–H groups in total. The third-order valence-electron chi connectivity index (χ3n) is 12.4. The van der Waals surface area contributed by atoms with Crippen molar-refractivity contribution >= 4 is 19.8 Å². The molecule has 0 aliphatic rings. The smallest absolute Gasteiger partial charge is 0.462 e. The normalized spacial score (nSPS) is 14.4. The lowest BCUT2D eigenvalue weighted by Gasteiger charge is -2.19. The van der Waals surface area contributed by atoms with Crippen LogP contribution in [0.3, 0.4) is 0 Å². The first-order valence-corrected chi connectivity index (χ1v) is 33.7. The lowest BCUT2D eigenvalue weighted by atomic mass is 10.1. The molecule has 0 spiro atoms. The van der Waals surface area contributed by atoms with Crippen LogP contribution >= 0.6 is 7.82 Å². The Hall–Kier alpha value is -5.67. The molecule has 0 bridgehead atoms. The number of nitrogens with two attached hydrogens (primary N) is 1. The summed E-state index contributed by atoms with van der Waals surface area (Å²) in [6.07, 6.45) is 106. The number of hydrogen-bond donors (Lipinski definition) is 2. The minimum Gasteiger partial charge on any atom is -0.462 e.